The molecular weight excluding hydrogens is 652 g/mol. The van der Waals surface area contributed by atoms with Crippen molar-refractivity contribution in [3.8, 4) is 5.69 Å². The lowest BCUT2D eigenvalue weighted by atomic mass is 10.0. The highest BCUT2D eigenvalue weighted by molar-refractivity contribution is 7.92. The number of aryl methyl sites for hydroxylation is 1. The Labute approximate surface area is 271 Å². The molecule has 1 heterocycles. The first-order valence-corrected chi connectivity index (χ1v) is 16.0. The van der Waals surface area contributed by atoms with Gasteiger partial charge >= 0.3 is 11.7 Å². The Bertz CT molecular complexity index is 2100. The van der Waals surface area contributed by atoms with Crippen LogP contribution in [0.4, 0.5) is 14.5 Å². The summed E-state index contributed by atoms with van der Waals surface area (Å²) in [6.07, 6.45) is 3.07. The number of carboxylic acid groups (broad SMARTS) is 1. The summed E-state index contributed by atoms with van der Waals surface area (Å²) >= 11 is 0. The van der Waals surface area contributed by atoms with Crippen LogP contribution in [0, 0.1) is 17.6 Å². The number of anilines is 1. The van der Waals surface area contributed by atoms with Crippen molar-refractivity contribution in [3.63, 3.8) is 0 Å². The van der Waals surface area contributed by atoms with Gasteiger partial charge in [-0.1, -0.05) is 12.1 Å². The highest BCUT2D eigenvalue weighted by Crippen LogP contribution is 2.28. The van der Waals surface area contributed by atoms with E-state index in [0.29, 0.717) is 30.2 Å². The number of halogens is 2. The van der Waals surface area contributed by atoms with Crippen molar-refractivity contribution in [1.82, 2.24) is 19.8 Å². The van der Waals surface area contributed by atoms with Crippen molar-refractivity contribution in [2.24, 2.45) is 13.0 Å². The summed E-state index contributed by atoms with van der Waals surface area (Å²) in [6, 6.07) is 11.3. The molecule has 1 aliphatic carbocycles. The van der Waals surface area contributed by atoms with E-state index in [-0.39, 0.29) is 28.5 Å². The number of sulfonamides is 1. The molecule has 4 aromatic rings. The summed E-state index contributed by atoms with van der Waals surface area (Å²) in [7, 11) is -2.90. The van der Waals surface area contributed by atoms with E-state index >= 15 is 8.78 Å². The van der Waals surface area contributed by atoms with Crippen LogP contribution >= 0.6 is 0 Å². The van der Waals surface area contributed by atoms with Crippen LogP contribution in [0.3, 0.4) is 0 Å². The Kier molecular flexibility index (Phi) is 9.56. The summed E-state index contributed by atoms with van der Waals surface area (Å²) in [5.41, 5.74) is -2.07. The van der Waals surface area contributed by atoms with E-state index in [9.17, 15) is 37.5 Å². The number of nitrogens with zero attached hydrogens (tertiary/aromatic N) is 2. The van der Waals surface area contributed by atoms with Gasteiger partial charge < -0.3 is 20.3 Å². The Morgan fingerprint density at radius 3 is 2.15 bits per heavy atom. The highest BCUT2D eigenvalue weighted by atomic mass is 32.2. The lowest BCUT2D eigenvalue weighted by Crippen LogP contribution is -2.43. The van der Waals surface area contributed by atoms with Crippen LogP contribution in [0.25, 0.3) is 5.69 Å². The van der Waals surface area contributed by atoms with Crippen LogP contribution in [0.1, 0.15) is 39.1 Å². The van der Waals surface area contributed by atoms with Crippen molar-refractivity contribution < 1.29 is 36.7 Å². The van der Waals surface area contributed by atoms with Crippen LogP contribution in [0.5, 0.6) is 0 Å². The van der Waals surface area contributed by atoms with Crippen molar-refractivity contribution >= 4 is 33.5 Å². The summed E-state index contributed by atoms with van der Waals surface area (Å²) in [6.45, 7) is 0.528. The third-order valence-electron chi connectivity index (χ3n) is 7.59. The van der Waals surface area contributed by atoms with Crippen molar-refractivity contribution in [2.75, 3.05) is 11.3 Å². The number of amides is 2. The lowest BCUT2D eigenvalue weighted by molar-refractivity contribution is -0.139. The van der Waals surface area contributed by atoms with Gasteiger partial charge in [0, 0.05) is 37.8 Å². The number of hydrogen-bond acceptors (Lipinski definition) is 7. The number of rotatable bonds is 12. The molecule has 0 aliphatic heterocycles. The van der Waals surface area contributed by atoms with Gasteiger partial charge in [0.2, 0.25) is 0 Å². The summed E-state index contributed by atoms with van der Waals surface area (Å²) in [4.78, 5) is 61.3. The van der Waals surface area contributed by atoms with Gasteiger partial charge in [0.15, 0.2) is 0 Å². The quantitative estimate of drug-likeness (QED) is 0.175. The number of benzene rings is 3. The number of aliphatic carboxylic acids is 1. The first-order valence-electron chi connectivity index (χ1n) is 14.6. The third-order valence-corrected chi connectivity index (χ3v) is 8.99. The minimum Gasteiger partial charge on any atom is -0.480 e. The number of carbonyl (C=O) groups is 3. The number of hydrogen-bond donors (Lipinski definition) is 4. The first-order chi connectivity index (χ1) is 22.7. The van der Waals surface area contributed by atoms with Gasteiger partial charge in [-0.2, -0.15) is 0 Å². The predicted molar refractivity (Wildman–Crippen MR) is 169 cm³/mol. The Morgan fingerprint density at radius 1 is 0.938 bits per heavy atom. The normalized spacial score (nSPS) is 13.4. The summed E-state index contributed by atoms with van der Waals surface area (Å²) in [5, 5.41) is 14.5. The fourth-order valence-electron chi connectivity index (χ4n) is 4.76. The molecule has 3 aromatic carbocycles. The zero-order valence-corrected chi connectivity index (χ0v) is 26.1. The maximum absolute atomic E-state index is 15.0. The SMILES string of the molecule is Cn1ccc(=O)n(-c2ccc(C[C@H](NC(=O)c3c(F)cc(NS(=O)(=O)c4ccc(C(=O)NCC5CC5)cc4)cc3F)C(=O)O)cc2)c1=O. The smallest absolute Gasteiger partial charge is 0.335 e. The molecule has 0 saturated heterocycles. The van der Waals surface area contributed by atoms with Gasteiger partial charge in [-0.05, 0) is 72.9 Å². The maximum Gasteiger partial charge on any atom is 0.335 e. The van der Waals surface area contributed by atoms with Crippen LogP contribution in [-0.4, -0.2) is 53.0 Å². The molecule has 1 aliphatic rings. The number of carboxylic acids is 1. The molecular formula is C32H29F2N5O8S. The zero-order chi connectivity index (χ0) is 34.7. The van der Waals surface area contributed by atoms with E-state index in [4.69, 9.17) is 0 Å². The largest absolute Gasteiger partial charge is 0.480 e. The standard InChI is InChI=1S/C32H29F2N5O8S/c1-38-13-12-27(40)39(32(38)45)22-8-4-18(5-9-22)14-26(31(43)44)36-30(42)28-24(33)15-21(16-25(28)34)37-48(46,47)23-10-6-20(7-11-23)29(41)35-17-19-2-3-19/h4-13,15-16,19,26,37H,2-3,14,17H2,1H3,(H,35,41)(H,36,42)(H,43,44)/t26-/m0/s1. The Morgan fingerprint density at radius 2 is 1.56 bits per heavy atom. The maximum atomic E-state index is 15.0. The molecule has 48 heavy (non-hydrogen) atoms. The molecule has 0 radical (unpaired) electrons. The molecule has 16 heteroatoms. The minimum absolute atomic E-state index is 0.212. The van der Waals surface area contributed by atoms with Gasteiger partial charge in [-0.15, -0.1) is 0 Å². The molecule has 1 saturated carbocycles. The molecule has 1 atom stereocenters. The van der Waals surface area contributed by atoms with E-state index in [1.54, 1.807) is 0 Å². The fourth-order valence-corrected chi connectivity index (χ4v) is 5.80. The second kappa shape index (κ2) is 13.6. The molecule has 1 aromatic heterocycles. The molecule has 0 unspecified atom stereocenters. The lowest BCUT2D eigenvalue weighted by Gasteiger charge is -2.16. The van der Waals surface area contributed by atoms with Crippen LogP contribution in [-0.2, 0) is 28.3 Å². The monoisotopic (exact) mass is 681 g/mol. The van der Waals surface area contributed by atoms with E-state index in [1.807, 2.05) is 4.72 Å². The van der Waals surface area contributed by atoms with Crippen LogP contribution in [0.2, 0.25) is 0 Å². The number of carbonyl (C=O) groups excluding carboxylic acids is 2. The molecule has 1 fully saturated rings. The second-order valence-corrected chi connectivity index (χ2v) is 12.9. The van der Waals surface area contributed by atoms with E-state index in [2.05, 4.69) is 10.6 Å². The Hall–Kier alpha value is -5.64. The molecule has 0 spiro atoms. The van der Waals surface area contributed by atoms with Crippen LogP contribution in [0.15, 0.2) is 87.4 Å². The van der Waals surface area contributed by atoms with Gasteiger partial charge in [-0.3, -0.25) is 19.1 Å². The number of nitrogens with one attached hydrogen (secondary N) is 3. The van der Waals surface area contributed by atoms with Gasteiger partial charge in [0.1, 0.15) is 23.2 Å². The van der Waals surface area contributed by atoms with Gasteiger partial charge in [0.05, 0.1) is 16.3 Å². The van der Waals surface area contributed by atoms with Crippen LogP contribution < -0.4 is 26.6 Å². The summed E-state index contributed by atoms with van der Waals surface area (Å²) in [5.74, 6) is -5.76. The number of aromatic nitrogens is 2. The Balaban J connectivity index is 1.26. The van der Waals surface area contributed by atoms with Crippen molar-refractivity contribution in [3.05, 3.63) is 122 Å². The first kappa shape index (κ1) is 33.7. The fraction of sp³-hybridized carbons (Fsp3) is 0.219. The predicted octanol–water partition coefficient (Wildman–Crippen LogP) is 2.18. The van der Waals surface area contributed by atoms with E-state index in [0.717, 1.165) is 29.5 Å². The highest BCUT2D eigenvalue weighted by Gasteiger charge is 2.27. The average molecular weight is 682 g/mol. The van der Waals surface area contributed by atoms with Gasteiger partial charge in [-0.25, -0.2) is 31.4 Å². The molecule has 0 bridgehead atoms. The molecule has 5 rings (SSSR count). The summed E-state index contributed by atoms with van der Waals surface area (Å²) < 4.78 is 59.9. The van der Waals surface area contributed by atoms with Crippen molar-refractivity contribution in [1.29, 1.82) is 0 Å². The topological polar surface area (TPSA) is 186 Å². The third kappa shape index (κ3) is 7.66. The van der Waals surface area contributed by atoms with Crippen molar-refractivity contribution in [2.45, 2.75) is 30.2 Å². The zero-order valence-electron chi connectivity index (χ0n) is 25.3. The van der Waals surface area contributed by atoms with E-state index in [1.165, 1.54) is 60.3 Å². The van der Waals surface area contributed by atoms with E-state index < -0.39 is 62.1 Å². The minimum atomic E-state index is -4.36. The molecule has 13 nitrogen and oxygen atoms in total. The average Bonchev–Trinajstić information content (AvgIpc) is 3.86. The second-order valence-electron chi connectivity index (χ2n) is 11.2. The molecule has 250 valence electrons. The molecule has 2 amide bonds. The molecule has 4 N–H and O–H groups in total. The van der Waals surface area contributed by atoms with Gasteiger partial charge in [0.25, 0.3) is 27.4 Å².